The minimum Gasteiger partial charge on any atom is -0.469 e. The van der Waals surface area contributed by atoms with Crippen LogP contribution in [-0.2, 0) is 19.1 Å². The first-order valence-electron chi connectivity index (χ1n) is 6.66. The lowest BCUT2D eigenvalue weighted by atomic mass is 10.1. The molecule has 0 spiro atoms. The quantitative estimate of drug-likeness (QED) is 0.580. The van der Waals surface area contributed by atoms with Gasteiger partial charge in [0.1, 0.15) is 0 Å². The molecule has 0 atom stereocenters. The molecule has 4 nitrogen and oxygen atoms in total. The number of hydrogen-bond donors (Lipinski definition) is 0. The van der Waals surface area contributed by atoms with Crippen LogP contribution in [0.3, 0.4) is 0 Å². The second-order valence-corrected chi connectivity index (χ2v) is 7.31. The van der Waals surface area contributed by atoms with Crippen molar-refractivity contribution < 1.29 is 19.1 Å². The fraction of sp³-hybridized carbons (Fsp3) is 0.467. The number of carbonyl (C=O) groups excluding carboxylic acids is 2. The average Bonchev–Trinajstić information content (AvgIpc) is 2.43. The van der Waals surface area contributed by atoms with E-state index in [4.69, 9.17) is 9.47 Å². The van der Waals surface area contributed by atoms with Crippen molar-refractivity contribution in [2.75, 3.05) is 14.2 Å². The van der Waals surface area contributed by atoms with Gasteiger partial charge in [-0.2, -0.15) is 0 Å². The molecule has 1 rings (SSSR count). The molecule has 0 saturated heterocycles. The summed E-state index contributed by atoms with van der Waals surface area (Å²) in [6.45, 7) is 4.16. The lowest BCUT2D eigenvalue weighted by Gasteiger charge is -2.16. The molecule has 0 aliphatic rings. The Hall–Kier alpha value is -1.62. The minimum absolute atomic E-state index is 0.0374. The minimum atomic E-state index is -0.754. The van der Waals surface area contributed by atoms with Crippen LogP contribution in [0.25, 0.3) is 0 Å². The van der Waals surface area contributed by atoms with Crippen LogP contribution in [0.2, 0.25) is 5.54 Å². The molecule has 0 radical (unpaired) electrons. The number of aryl methyl sites for hydroxylation is 1. The highest BCUT2D eigenvalue weighted by molar-refractivity contribution is 6.56. The van der Waals surface area contributed by atoms with Crippen LogP contribution in [0.5, 0.6) is 0 Å². The van der Waals surface area contributed by atoms with Crippen molar-refractivity contribution in [3.8, 4) is 0 Å². The molecule has 0 saturated carbocycles. The molecular weight excluding hydrogens is 272 g/mol. The Bertz CT molecular complexity index is 467. The summed E-state index contributed by atoms with van der Waals surface area (Å²) in [5, 5.41) is 1.29. The second-order valence-electron chi connectivity index (χ2n) is 4.99. The molecule has 0 amide bonds. The summed E-state index contributed by atoms with van der Waals surface area (Å²) >= 11 is 0. The smallest absolute Gasteiger partial charge is 0.305 e. The Labute approximate surface area is 122 Å². The van der Waals surface area contributed by atoms with Crippen LogP contribution >= 0.6 is 0 Å². The van der Waals surface area contributed by atoms with E-state index in [2.05, 4.69) is 26.0 Å². The third kappa shape index (κ3) is 4.81. The molecule has 5 heteroatoms. The van der Waals surface area contributed by atoms with E-state index in [1.54, 1.807) is 0 Å². The normalized spacial score (nSPS) is 11.1. The summed E-state index contributed by atoms with van der Waals surface area (Å²) in [4.78, 5) is 23.0. The van der Waals surface area contributed by atoms with Gasteiger partial charge in [-0.1, -0.05) is 23.4 Å². The van der Waals surface area contributed by atoms with E-state index in [0.29, 0.717) is 0 Å². The van der Waals surface area contributed by atoms with Crippen LogP contribution in [-0.4, -0.2) is 35.7 Å². The summed E-state index contributed by atoms with van der Waals surface area (Å²) in [7, 11) is 1.99. The maximum absolute atomic E-state index is 11.5. The molecule has 0 aromatic heterocycles. The standard InChI is InChI=1S/C15H22O4Si/c1-10-6-5-7-13(11(10)2)20-12(8-14(16)18-3)9-15(17)19-4/h5-7,12H,8-9,20H2,1-4H3. The number of carbonyl (C=O) groups is 2. The molecule has 0 N–H and O–H groups in total. The van der Waals surface area contributed by atoms with Gasteiger partial charge in [-0.15, -0.1) is 0 Å². The third-order valence-corrected chi connectivity index (χ3v) is 5.95. The van der Waals surface area contributed by atoms with E-state index < -0.39 is 9.52 Å². The summed E-state index contributed by atoms with van der Waals surface area (Å²) in [5.74, 6) is -0.534. The topological polar surface area (TPSA) is 52.6 Å². The first-order chi connectivity index (χ1) is 9.47. The largest absolute Gasteiger partial charge is 0.469 e. The van der Waals surface area contributed by atoms with Gasteiger partial charge < -0.3 is 9.47 Å². The highest BCUT2D eigenvalue weighted by Crippen LogP contribution is 2.17. The van der Waals surface area contributed by atoms with Crippen molar-refractivity contribution in [2.45, 2.75) is 32.2 Å². The first kappa shape index (κ1) is 16.4. The van der Waals surface area contributed by atoms with Crippen LogP contribution in [0.1, 0.15) is 24.0 Å². The molecule has 20 heavy (non-hydrogen) atoms. The molecule has 0 bridgehead atoms. The maximum Gasteiger partial charge on any atom is 0.305 e. The van der Waals surface area contributed by atoms with Crippen molar-refractivity contribution in [3.63, 3.8) is 0 Å². The van der Waals surface area contributed by atoms with Gasteiger partial charge in [-0.05, 0) is 30.5 Å². The molecule has 0 aliphatic heterocycles. The third-order valence-electron chi connectivity index (χ3n) is 3.59. The summed E-state index contributed by atoms with van der Waals surface area (Å²) in [6, 6.07) is 6.19. The van der Waals surface area contributed by atoms with E-state index in [1.165, 1.54) is 30.5 Å². The van der Waals surface area contributed by atoms with Crippen LogP contribution in [0.4, 0.5) is 0 Å². The van der Waals surface area contributed by atoms with Gasteiger partial charge in [0.25, 0.3) is 0 Å². The van der Waals surface area contributed by atoms with Gasteiger partial charge in [0.2, 0.25) is 0 Å². The SMILES string of the molecule is COC(=O)CC(CC(=O)OC)[SiH2]c1cccc(C)c1C. The van der Waals surface area contributed by atoms with E-state index in [0.717, 1.165) is 0 Å². The molecule has 110 valence electrons. The van der Waals surface area contributed by atoms with Crippen molar-refractivity contribution in [3.05, 3.63) is 29.3 Å². The van der Waals surface area contributed by atoms with Crippen molar-refractivity contribution in [1.82, 2.24) is 0 Å². The molecule has 0 unspecified atom stereocenters. The summed E-state index contributed by atoms with van der Waals surface area (Å²) in [5.41, 5.74) is 2.54. The van der Waals surface area contributed by atoms with Gasteiger partial charge in [0, 0.05) is 12.8 Å². The van der Waals surface area contributed by atoms with E-state index in [-0.39, 0.29) is 30.3 Å². The Morgan fingerprint density at radius 3 is 2.15 bits per heavy atom. The zero-order valence-corrected chi connectivity index (χ0v) is 14.0. The predicted octanol–water partition coefficient (Wildman–Crippen LogP) is 1.01. The highest BCUT2D eigenvalue weighted by atomic mass is 28.2. The number of rotatable bonds is 6. The predicted molar refractivity (Wildman–Crippen MR) is 81.1 cm³/mol. The zero-order valence-electron chi connectivity index (χ0n) is 12.6. The van der Waals surface area contributed by atoms with Gasteiger partial charge in [-0.3, -0.25) is 9.59 Å². The van der Waals surface area contributed by atoms with Gasteiger partial charge >= 0.3 is 11.9 Å². The van der Waals surface area contributed by atoms with Crippen LogP contribution < -0.4 is 5.19 Å². The summed E-state index contributed by atoms with van der Waals surface area (Å²) < 4.78 is 9.44. The fourth-order valence-corrected chi connectivity index (χ4v) is 4.44. The number of benzene rings is 1. The number of hydrogen-bond acceptors (Lipinski definition) is 4. The molecular formula is C15H22O4Si. The first-order valence-corrected chi connectivity index (χ1v) is 8.19. The van der Waals surface area contributed by atoms with Crippen molar-refractivity contribution >= 4 is 26.6 Å². The second kappa shape index (κ2) is 7.84. The molecule has 1 aromatic rings. The average molecular weight is 294 g/mol. The van der Waals surface area contributed by atoms with Gasteiger partial charge in [-0.25, -0.2) is 0 Å². The van der Waals surface area contributed by atoms with Crippen LogP contribution in [0, 0.1) is 13.8 Å². The monoisotopic (exact) mass is 294 g/mol. The molecule has 0 fully saturated rings. The van der Waals surface area contributed by atoms with Gasteiger partial charge in [0.15, 0.2) is 0 Å². The van der Waals surface area contributed by atoms with E-state index in [1.807, 2.05) is 6.07 Å². The van der Waals surface area contributed by atoms with E-state index >= 15 is 0 Å². The Morgan fingerprint density at radius 1 is 1.10 bits per heavy atom. The Balaban J connectivity index is 2.84. The lowest BCUT2D eigenvalue weighted by Crippen LogP contribution is -2.26. The van der Waals surface area contributed by atoms with Crippen molar-refractivity contribution in [1.29, 1.82) is 0 Å². The number of methoxy groups -OCH3 is 2. The Kier molecular flexibility index (Phi) is 6.44. The lowest BCUT2D eigenvalue weighted by molar-refractivity contribution is -0.142. The number of ether oxygens (including phenoxy) is 2. The molecule has 0 aliphatic carbocycles. The molecule has 0 heterocycles. The van der Waals surface area contributed by atoms with Crippen LogP contribution in [0.15, 0.2) is 18.2 Å². The number of esters is 2. The molecule has 1 aromatic carbocycles. The summed E-state index contributed by atoms with van der Waals surface area (Å²) in [6.07, 6.45) is 0.566. The highest BCUT2D eigenvalue weighted by Gasteiger charge is 2.20. The maximum atomic E-state index is 11.5. The Morgan fingerprint density at radius 2 is 1.65 bits per heavy atom. The van der Waals surface area contributed by atoms with Crippen molar-refractivity contribution in [2.24, 2.45) is 0 Å². The fourth-order valence-electron chi connectivity index (χ4n) is 2.20. The van der Waals surface area contributed by atoms with Gasteiger partial charge in [0.05, 0.1) is 23.7 Å². The zero-order chi connectivity index (χ0) is 15.1. The van der Waals surface area contributed by atoms with E-state index in [9.17, 15) is 9.59 Å².